The first-order chi connectivity index (χ1) is 13.2. The fourth-order valence-electron chi connectivity index (χ4n) is 3.59. The van der Waals surface area contributed by atoms with Gasteiger partial charge in [-0.3, -0.25) is 9.69 Å². The zero-order valence-corrected chi connectivity index (χ0v) is 15.4. The second kappa shape index (κ2) is 7.80. The third kappa shape index (κ3) is 4.11. The van der Waals surface area contributed by atoms with Gasteiger partial charge in [-0.1, -0.05) is 18.2 Å². The second-order valence-corrected chi connectivity index (χ2v) is 6.97. The molecule has 0 bridgehead atoms. The van der Waals surface area contributed by atoms with Crippen LogP contribution in [-0.4, -0.2) is 41.0 Å². The molecule has 140 valence electrons. The summed E-state index contributed by atoms with van der Waals surface area (Å²) >= 11 is 0. The lowest BCUT2D eigenvalue weighted by Crippen LogP contribution is -2.38. The summed E-state index contributed by atoms with van der Waals surface area (Å²) in [6.45, 7) is 2.58. The Balaban J connectivity index is 1.30. The number of benzene rings is 2. The van der Waals surface area contributed by atoms with Gasteiger partial charge in [0.2, 0.25) is 5.91 Å². The first-order valence-electron chi connectivity index (χ1n) is 9.32. The number of amides is 1. The first-order valence-corrected chi connectivity index (χ1v) is 9.32. The average molecular weight is 364 g/mol. The molecule has 1 saturated heterocycles. The van der Waals surface area contributed by atoms with Gasteiger partial charge in [-0.2, -0.15) is 0 Å². The summed E-state index contributed by atoms with van der Waals surface area (Å²) in [5.74, 6) is 1.86. The van der Waals surface area contributed by atoms with Gasteiger partial charge in [-0.15, -0.1) is 0 Å². The van der Waals surface area contributed by atoms with E-state index in [4.69, 9.17) is 4.74 Å². The number of imidazole rings is 1. The number of aromatic amines is 1. The molecule has 2 heterocycles. The van der Waals surface area contributed by atoms with E-state index in [9.17, 15) is 4.79 Å². The molecule has 0 radical (unpaired) electrons. The molecule has 0 spiro atoms. The highest BCUT2D eigenvalue weighted by atomic mass is 16.5. The Morgan fingerprint density at radius 3 is 2.81 bits per heavy atom. The number of ether oxygens (including phenoxy) is 1. The Hall–Kier alpha value is -2.86. The van der Waals surface area contributed by atoms with E-state index in [1.807, 2.05) is 48.5 Å². The maximum absolute atomic E-state index is 12.6. The SMILES string of the molecule is COc1cccc(NC(=O)C2CCN(Cc3nc4ccccc4[nH]3)CC2)c1. The molecule has 0 unspecified atom stereocenters. The van der Waals surface area contributed by atoms with Crippen LogP contribution in [0, 0.1) is 5.92 Å². The Kier molecular flexibility index (Phi) is 5.07. The maximum Gasteiger partial charge on any atom is 0.227 e. The molecule has 6 nitrogen and oxygen atoms in total. The fraction of sp³-hybridized carbons (Fsp3) is 0.333. The van der Waals surface area contributed by atoms with Crippen LogP contribution in [0.15, 0.2) is 48.5 Å². The molecule has 27 heavy (non-hydrogen) atoms. The van der Waals surface area contributed by atoms with Crippen molar-refractivity contribution in [3.05, 3.63) is 54.4 Å². The van der Waals surface area contributed by atoms with E-state index in [0.29, 0.717) is 0 Å². The van der Waals surface area contributed by atoms with Gasteiger partial charge in [0.15, 0.2) is 0 Å². The van der Waals surface area contributed by atoms with Crippen molar-refractivity contribution < 1.29 is 9.53 Å². The van der Waals surface area contributed by atoms with Gasteiger partial charge in [0, 0.05) is 17.7 Å². The Labute approximate surface area is 158 Å². The number of H-pyrrole nitrogens is 1. The van der Waals surface area contributed by atoms with E-state index in [1.165, 1.54) is 0 Å². The van der Waals surface area contributed by atoms with Gasteiger partial charge in [-0.05, 0) is 50.2 Å². The van der Waals surface area contributed by atoms with Gasteiger partial charge in [0.05, 0.1) is 24.7 Å². The molecule has 1 fully saturated rings. The Bertz CT molecular complexity index is 896. The smallest absolute Gasteiger partial charge is 0.227 e. The number of hydrogen-bond donors (Lipinski definition) is 2. The van der Waals surface area contributed by atoms with Gasteiger partial charge >= 0.3 is 0 Å². The molecule has 0 aliphatic carbocycles. The normalized spacial score (nSPS) is 15.7. The number of hydrogen-bond acceptors (Lipinski definition) is 4. The Morgan fingerprint density at radius 1 is 1.22 bits per heavy atom. The van der Waals surface area contributed by atoms with E-state index in [-0.39, 0.29) is 11.8 Å². The lowest BCUT2D eigenvalue weighted by molar-refractivity contribution is -0.121. The summed E-state index contributed by atoms with van der Waals surface area (Å²) in [7, 11) is 1.62. The van der Waals surface area contributed by atoms with Gasteiger partial charge in [0.25, 0.3) is 0 Å². The molecule has 1 aromatic heterocycles. The predicted molar refractivity (Wildman–Crippen MR) is 106 cm³/mol. The number of methoxy groups -OCH3 is 1. The first kappa shape index (κ1) is 17.5. The highest BCUT2D eigenvalue weighted by Crippen LogP contribution is 2.23. The molecule has 0 saturated carbocycles. The number of anilines is 1. The molecular formula is C21H24N4O2. The van der Waals surface area contributed by atoms with Crippen molar-refractivity contribution in [2.24, 2.45) is 5.92 Å². The minimum atomic E-state index is 0.0446. The van der Waals surface area contributed by atoms with Gasteiger partial charge in [0.1, 0.15) is 11.6 Å². The Morgan fingerprint density at radius 2 is 2.04 bits per heavy atom. The predicted octanol–water partition coefficient (Wildman–Crippen LogP) is 3.42. The summed E-state index contributed by atoms with van der Waals surface area (Å²) in [5, 5.41) is 3.01. The van der Waals surface area contributed by atoms with Crippen LogP contribution in [0.3, 0.4) is 0 Å². The average Bonchev–Trinajstić information content (AvgIpc) is 3.11. The molecule has 1 aliphatic rings. The molecule has 1 aliphatic heterocycles. The van der Waals surface area contributed by atoms with Crippen LogP contribution in [0.5, 0.6) is 5.75 Å². The molecule has 2 N–H and O–H groups in total. The molecular weight excluding hydrogens is 340 g/mol. The van der Waals surface area contributed by atoms with Crippen molar-refractivity contribution >= 4 is 22.6 Å². The maximum atomic E-state index is 12.6. The van der Waals surface area contributed by atoms with E-state index in [0.717, 1.165) is 60.8 Å². The van der Waals surface area contributed by atoms with Gasteiger partial charge in [-0.25, -0.2) is 4.98 Å². The highest BCUT2D eigenvalue weighted by Gasteiger charge is 2.25. The highest BCUT2D eigenvalue weighted by molar-refractivity contribution is 5.92. The monoisotopic (exact) mass is 364 g/mol. The lowest BCUT2D eigenvalue weighted by atomic mass is 9.96. The summed E-state index contributed by atoms with van der Waals surface area (Å²) in [5.41, 5.74) is 2.85. The van der Waals surface area contributed by atoms with Crippen LogP contribution in [0.25, 0.3) is 11.0 Å². The van der Waals surface area contributed by atoms with Crippen LogP contribution in [0.1, 0.15) is 18.7 Å². The minimum Gasteiger partial charge on any atom is -0.497 e. The number of likely N-dealkylation sites (tertiary alicyclic amines) is 1. The number of fused-ring (bicyclic) bond motifs is 1. The number of rotatable bonds is 5. The van der Waals surface area contributed by atoms with E-state index >= 15 is 0 Å². The minimum absolute atomic E-state index is 0.0446. The van der Waals surface area contributed by atoms with Crippen LogP contribution in [0.4, 0.5) is 5.69 Å². The third-order valence-corrected chi connectivity index (χ3v) is 5.11. The largest absolute Gasteiger partial charge is 0.497 e. The van der Waals surface area contributed by atoms with Crippen LogP contribution in [0.2, 0.25) is 0 Å². The summed E-state index contributed by atoms with van der Waals surface area (Å²) < 4.78 is 5.21. The van der Waals surface area contributed by atoms with Crippen molar-refractivity contribution in [2.75, 3.05) is 25.5 Å². The molecule has 1 amide bonds. The molecule has 6 heteroatoms. The lowest BCUT2D eigenvalue weighted by Gasteiger charge is -2.30. The fourth-order valence-corrected chi connectivity index (χ4v) is 3.59. The van der Waals surface area contributed by atoms with Gasteiger partial charge < -0.3 is 15.0 Å². The number of nitrogens with one attached hydrogen (secondary N) is 2. The summed E-state index contributed by atoms with van der Waals surface area (Å²) in [4.78, 5) is 22.9. The zero-order chi connectivity index (χ0) is 18.6. The quantitative estimate of drug-likeness (QED) is 0.728. The van der Waals surface area contributed by atoms with Crippen molar-refractivity contribution in [3.63, 3.8) is 0 Å². The number of piperidine rings is 1. The van der Waals surface area contributed by atoms with Crippen molar-refractivity contribution in [3.8, 4) is 5.75 Å². The van der Waals surface area contributed by atoms with Crippen LogP contribution >= 0.6 is 0 Å². The zero-order valence-electron chi connectivity index (χ0n) is 15.4. The third-order valence-electron chi connectivity index (χ3n) is 5.11. The molecule has 2 aromatic carbocycles. The summed E-state index contributed by atoms with van der Waals surface area (Å²) in [6, 6.07) is 15.5. The molecule has 0 atom stereocenters. The topological polar surface area (TPSA) is 70.2 Å². The molecule has 4 rings (SSSR count). The number of aromatic nitrogens is 2. The molecule has 3 aromatic rings. The van der Waals surface area contributed by atoms with Crippen molar-refractivity contribution in [2.45, 2.75) is 19.4 Å². The summed E-state index contributed by atoms with van der Waals surface area (Å²) in [6.07, 6.45) is 1.71. The number of nitrogens with zero attached hydrogens (tertiary/aromatic N) is 2. The van der Waals surface area contributed by atoms with Crippen LogP contribution in [-0.2, 0) is 11.3 Å². The standard InChI is InChI=1S/C21H24N4O2/c1-27-17-6-4-5-16(13-17)22-21(26)15-9-11-25(12-10-15)14-20-23-18-7-2-3-8-19(18)24-20/h2-8,13,15H,9-12,14H2,1H3,(H,22,26)(H,23,24). The van der Waals surface area contributed by atoms with E-state index in [1.54, 1.807) is 7.11 Å². The van der Waals surface area contributed by atoms with Crippen molar-refractivity contribution in [1.82, 2.24) is 14.9 Å². The van der Waals surface area contributed by atoms with E-state index < -0.39 is 0 Å². The van der Waals surface area contributed by atoms with Crippen LogP contribution < -0.4 is 10.1 Å². The number of carbonyl (C=O) groups excluding carboxylic acids is 1. The van der Waals surface area contributed by atoms with Crippen molar-refractivity contribution in [1.29, 1.82) is 0 Å². The second-order valence-electron chi connectivity index (χ2n) is 6.97. The number of carbonyl (C=O) groups is 1. The number of para-hydroxylation sites is 2. The van der Waals surface area contributed by atoms with E-state index in [2.05, 4.69) is 20.2 Å².